The Morgan fingerprint density at radius 3 is 2.20 bits per heavy atom. The number of nitrogens with zero attached hydrogens (tertiary/aromatic N) is 1. The Bertz CT molecular complexity index is 326. The molecular formula is C12H19F5N2O. The fraction of sp³-hybridized carbons (Fsp3) is 0.917. The maximum absolute atomic E-state index is 13.1. The molecule has 8 heteroatoms. The van der Waals surface area contributed by atoms with E-state index in [1.807, 2.05) is 0 Å². The molecule has 1 aliphatic rings. The van der Waals surface area contributed by atoms with E-state index in [9.17, 15) is 26.7 Å². The van der Waals surface area contributed by atoms with E-state index in [1.54, 1.807) is 6.92 Å². The molecule has 0 unspecified atom stereocenters. The maximum atomic E-state index is 13.1. The summed E-state index contributed by atoms with van der Waals surface area (Å²) in [6.07, 6.45) is -4.16. The largest absolute Gasteiger partial charge is 0.463 e. The highest BCUT2D eigenvalue weighted by atomic mass is 19.4. The van der Waals surface area contributed by atoms with Gasteiger partial charge >= 0.3 is 18.0 Å². The van der Waals surface area contributed by atoms with Crippen molar-refractivity contribution in [1.82, 2.24) is 10.2 Å². The van der Waals surface area contributed by atoms with Crippen LogP contribution >= 0.6 is 0 Å². The van der Waals surface area contributed by atoms with E-state index < -0.39 is 18.0 Å². The van der Waals surface area contributed by atoms with Crippen LogP contribution in [0.2, 0.25) is 0 Å². The Balaban J connectivity index is 2.76. The van der Waals surface area contributed by atoms with Crippen LogP contribution in [0.3, 0.4) is 0 Å². The molecule has 20 heavy (non-hydrogen) atoms. The van der Waals surface area contributed by atoms with Crippen LogP contribution in [0.15, 0.2) is 0 Å². The summed E-state index contributed by atoms with van der Waals surface area (Å²) in [5, 5.41) is 3.07. The van der Waals surface area contributed by atoms with Crippen LogP contribution in [0.4, 0.5) is 22.0 Å². The van der Waals surface area contributed by atoms with E-state index in [0.717, 1.165) is 0 Å². The lowest BCUT2D eigenvalue weighted by atomic mass is 9.97. The predicted octanol–water partition coefficient (Wildman–Crippen LogP) is 2.42. The van der Waals surface area contributed by atoms with Crippen LogP contribution in [-0.4, -0.2) is 49.1 Å². The Kier molecular flexibility index (Phi) is 5.73. The number of carbonyl (C=O) groups is 1. The standard InChI is InChI=1S/C12H19F5N2O/c1-2-7-19(8-9-3-5-18-6-4-9)10(20)11(13,14)12(15,16)17/h9,18H,2-8H2,1H3. The molecule has 0 aliphatic carbocycles. The second-order valence-corrected chi connectivity index (χ2v) is 5.02. The van der Waals surface area contributed by atoms with Crippen LogP contribution in [0.1, 0.15) is 26.2 Å². The number of nitrogens with one attached hydrogen (secondary N) is 1. The van der Waals surface area contributed by atoms with Crippen LogP contribution in [0.5, 0.6) is 0 Å². The first-order chi connectivity index (χ1) is 9.20. The molecule has 1 fully saturated rings. The lowest BCUT2D eigenvalue weighted by molar-refractivity contribution is -0.274. The summed E-state index contributed by atoms with van der Waals surface area (Å²) in [6.45, 7) is 2.88. The molecule has 0 radical (unpaired) electrons. The van der Waals surface area contributed by atoms with Crippen molar-refractivity contribution in [3.63, 3.8) is 0 Å². The van der Waals surface area contributed by atoms with Gasteiger partial charge in [0.25, 0.3) is 0 Å². The van der Waals surface area contributed by atoms with Crippen molar-refractivity contribution < 1.29 is 26.7 Å². The molecule has 118 valence electrons. The molecule has 1 N–H and O–H groups in total. The third-order valence-corrected chi connectivity index (χ3v) is 3.34. The minimum Gasteiger partial charge on any atom is -0.337 e. The third-order valence-electron chi connectivity index (χ3n) is 3.34. The van der Waals surface area contributed by atoms with Gasteiger partial charge in [0.1, 0.15) is 0 Å². The SMILES string of the molecule is CCCN(CC1CCNCC1)C(=O)C(F)(F)C(F)(F)F. The Labute approximate surface area is 114 Å². The van der Waals surface area contributed by atoms with E-state index in [1.165, 1.54) is 0 Å². The van der Waals surface area contributed by atoms with E-state index in [2.05, 4.69) is 5.32 Å². The monoisotopic (exact) mass is 302 g/mol. The Hall–Kier alpha value is -0.920. The van der Waals surface area contributed by atoms with Crippen molar-refractivity contribution in [3.8, 4) is 0 Å². The molecule has 1 aliphatic heterocycles. The van der Waals surface area contributed by atoms with Gasteiger partial charge in [-0.3, -0.25) is 4.79 Å². The molecule has 0 aromatic heterocycles. The zero-order valence-corrected chi connectivity index (χ0v) is 11.3. The summed E-state index contributed by atoms with van der Waals surface area (Å²) in [5.74, 6) is -7.48. The summed E-state index contributed by atoms with van der Waals surface area (Å²) in [7, 11) is 0. The summed E-state index contributed by atoms with van der Waals surface area (Å²) < 4.78 is 63.0. The van der Waals surface area contributed by atoms with E-state index in [-0.39, 0.29) is 19.0 Å². The Morgan fingerprint density at radius 2 is 1.75 bits per heavy atom. The number of piperidine rings is 1. The lowest BCUT2D eigenvalue weighted by Gasteiger charge is -2.32. The second-order valence-electron chi connectivity index (χ2n) is 5.02. The predicted molar refractivity (Wildman–Crippen MR) is 63.5 cm³/mol. The normalized spacial score (nSPS) is 18.1. The van der Waals surface area contributed by atoms with Gasteiger partial charge in [-0.2, -0.15) is 22.0 Å². The smallest absolute Gasteiger partial charge is 0.337 e. The number of hydrogen-bond acceptors (Lipinski definition) is 2. The molecule has 0 atom stereocenters. The molecule has 1 heterocycles. The van der Waals surface area contributed by atoms with Crippen molar-refractivity contribution in [1.29, 1.82) is 0 Å². The molecule has 1 amide bonds. The van der Waals surface area contributed by atoms with Gasteiger partial charge in [0.05, 0.1) is 0 Å². The number of amides is 1. The molecule has 0 aromatic rings. The van der Waals surface area contributed by atoms with Gasteiger partial charge in [-0.15, -0.1) is 0 Å². The number of alkyl halides is 5. The first-order valence-electron chi connectivity index (χ1n) is 6.64. The zero-order valence-electron chi connectivity index (χ0n) is 11.3. The average molecular weight is 302 g/mol. The van der Waals surface area contributed by atoms with Gasteiger partial charge in [-0.1, -0.05) is 6.92 Å². The van der Waals surface area contributed by atoms with Crippen LogP contribution < -0.4 is 5.32 Å². The highest BCUT2D eigenvalue weighted by molar-refractivity contribution is 5.84. The van der Waals surface area contributed by atoms with Gasteiger partial charge in [0, 0.05) is 13.1 Å². The first kappa shape index (κ1) is 17.1. The van der Waals surface area contributed by atoms with Crippen molar-refractivity contribution in [2.45, 2.75) is 38.3 Å². The van der Waals surface area contributed by atoms with Crippen molar-refractivity contribution >= 4 is 5.91 Å². The minimum atomic E-state index is -5.84. The van der Waals surface area contributed by atoms with Crippen LogP contribution in [0.25, 0.3) is 0 Å². The van der Waals surface area contributed by atoms with Crippen LogP contribution in [-0.2, 0) is 4.79 Å². The number of hydrogen-bond donors (Lipinski definition) is 1. The molecular weight excluding hydrogens is 283 g/mol. The quantitative estimate of drug-likeness (QED) is 0.791. The molecule has 0 saturated carbocycles. The second kappa shape index (κ2) is 6.69. The summed E-state index contributed by atoms with van der Waals surface area (Å²) in [6, 6.07) is 0. The Morgan fingerprint density at radius 1 is 1.20 bits per heavy atom. The van der Waals surface area contributed by atoms with Crippen LogP contribution in [0, 0.1) is 5.92 Å². The molecule has 1 rings (SSSR count). The molecule has 0 spiro atoms. The number of carbonyl (C=O) groups excluding carboxylic acids is 1. The topological polar surface area (TPSA) is 32.3 Å². The van der Waals surface area contributed by atoms with E-state index in [0.29, 0.717) is 37.3 Å². The number of halogens is 5. The fourth-order valence-electron chi connectivity index (χ4n) is 2.24. The summed E-state index contributed by atoms with van der Waals surface area (Å²) in [5.41, 5.74) is 0. The maximum Gasteiger partial charge on any atom is 0.463 e. The summed E-state index contributed by atoms with van der Waals surface area (Å²) >= 11 is 0. The van der Waals surface area contributed by atoms with Crippen molar-refractivity contribution in [2.24, 2.45) is 5.92 Å². The molecule has 1 saturated heterocycles. The van der Waals surface area contributed by atoms with Gasteiger partial charge in [0.15, 0.2) is 0 Å². The summed E-state index contributed by atoms with van der Waals surface area (Å²) in [4.78, 5) is 12.2. The molecule has 0 aromatic carbocycles. The first-order valence-corrected chi connectivity index (χ1v) is 6.64. The fourth-order valence-corrected chi connectivity index (χ4v) is 2.24. The van der Waals surface area contributed by atoms with Gasteiger partial charge in [-0.05, 0) is 38.3 Å². The number of rotatable bonds is 5. The van der Waals surface area contributed by atoms with Gasteiger partial charge < -0.3 is 10.2 Å². The highest BCUT2D eigenvalue weighted by Crippen LogP contribution is 2.37. The third kappa shape index (κ3) is 4.04. The van der Waals surface area contributed by atoms with Gasteiger partial charge in [0.2, 0.25) is 0 Å². The minimum absolute atomic E-state index is 0.0317. The average Bonchev–Trinajstić information content (AvgIpc) is 2.37. The van der Waals surface area contributed by atoms with Crippen molar-refractivity contribution in [3.05, 3.63) is 0 Å². The van der Waals surface area contributed by atoms with E-state index in [4.69, 9.17) is 0 Å². The zero-order chi connectivity index (χ0) is 15.4. The molecule has 0 bridgehead atoms. The lowest BCUT2D eigenvalue weighted by Crippen LogP contribution is -2.53. The van der Waals surface area contributed by atoms with Crippen molar-refractivity contribution in [2.75, 3.05) is 26.2 Å². The van der Waals surface area contributed by atoms with Gasteiger partial charge in [-0.25, -0.2) is 0 Å². The van der Waals surface area contributed by atoms with E-state index >= 15 is 0 Å². The highest BCUT2D eigenvalue weighted by Gasteiger charge is 2.64. The molecule has 3 nitrogen and oxygen atoms in total.